The molecule has 1 aliphatic rings. The Balaban J connectivity index is 2.18. The smallest absolute Gasteiger partial charge is 0.348 e. The van der Waals surface area contributed by atoms with Crippen LogP contribution in [0.3, 0.4) is 0 Å². The molecule has 1 aromatic rings. The number of allylic oxidation sites excluding steroid dienone is 1. The van der Waals surface area contributed by atoms with Gasteiger partial charge in [-0.1, -0.05) is 32.6 Å². The Hall–Kier alpha value is -3.48. The van der Waals surface area contributed by atoms with Crippen molar-refractivity contribution in [3.63, 3.8) is 0 Å². The Morgan fingerprint density at radius 3 is 2.16 bits per heavy atom. The Kier molecular flexibility index (Phi) is 7.56. The molecule has 170 valence electrons. The van der Waals surface area contributed by atoms with Crippen LogP contribution in [0, 0.1) is 51.9 Å². The molecular weight excluding hydrogens is 434 g/mol. The first-order chi connectivity index (χ1) is 15.0. The van der Waals surface area contributed by atoms with Crippen LogP contribution in [0.15, 0.2) is 24.3 Å². The van der Waals surface area contributed by atoms with Gasteiger partial charge in [-0.2, -0.15) is 5.26 Å². The third kappa shape index (κ3) is 4.72. The van der Waals surface area contributed by atoms with E-state index in [4.69, 9.17) is 14.7 Å². The number of esters is 2. The average molecular weight is 453 g/mol. The Morgan fingerprint density at radius 1 is 1.09 bits per heavy atom. The lowest BCUT2D eigenvalue weighted by atomic mass is 10.1. The first kappa shape index (κ1) is 24.8. The van der Waals surface area contributed by atoms with Crippen LogP contribution in [0.4, 0.5) is 17.6 Å². The average Bonchev–Trinajstić information content (AvgIpc) is 3.31. The lowest BCUT2D eigenvalue weighted by molar-refractivity contribution is -0.147. The molecule has 2 atom stereocenters. The van der Waals surface area contributed by atoms with Crippen LogP contribution in [0.1, 0.15) is 25.0 Å². The summed E-state index contributed by atoms with van der Waals surface area (Å²) in [5.41, 5.74) is -3.31. The summed E-state index contributed by atoms with van der Waals surface area (Å²) in [6, 6.07) is 1.67. The van der Waals surface area contributed by atoms with E-state index in [2.05, 4.69) is 6.58 Å². The molecule has 10 heteroatoms. The predicted molar refractivity (Wildman–Crippen MR) is 101 cm³/mol. The highest BCUT2D eigenvalue weighted by molar-refractivity contribution is 5.93. The molecule has 1 fully saturated rings. The summed E-state index contributed by atoms with van der Waals surface area (Å²) in [5.74, 6) is -10.4. The fourth-order valence-corrected chi connectivity index (χ4v) is 3.33. The van der Waals surface area contributed by atoms with Gasteiger partial charge in [-0.05, 0) is 11.3 Å². The first-order valence-corrected chi connectivity index (χ1v) is 9.36. The number of aldehydes is 1. The molecular formula is C22H19F4NO5. The van der Waals surface area contributed by atoms with E-state index in [1.54, 1.807) is 19.9 Å². The zero-order valence-electron chi connectivity index (χ0n) is 17.2. The van der Waals surface area contributed by atoms with Gasteiger partial charge in [-0.3, -0.25) is 4.79 Å². The zero-order chi connectivity index (χ0) is 24.2. The number of rotatable bonds is 9. The van der Waals surface area contributed by atoms with Crippen molar-refractivity contribution in [1.29, 1.82) is 5.26 Å². The van der Waals surface area contributed by atoms with E-state index < -0.39 is 76.6 Å². The second kappa shape index (κ2) is 9.77. The minimum Gasteiger partial charge on any atom is -0.460 e. The first-order valence-electron chi connectivity index (χ1n) is 9.36. The third-order valence-electron chi connectivity index (χ3n) is 5.27. The summed E-state index contributed by atoms with van der Waals surface area (Å²) >= 11 is 0. The van der Waals surface area contributed by atoms with Crippen LogP contribution in [0.25, 0.3) is 0 Å². The molecule has 6 nitrogen and oxygen atoms in total. The molecule has 1 saturated carbocycles. The number of halogens is 4. The zero-order valence-corrected chi connectivity index (χ0v) is 17.2. The maximum absolute atomic E-state index is 14.1. The van der Waals surface area contributed by atoms with Gasteiger partial charge in [0, 0.05) is 12.0 Å². The lowest BCUT2D eigenvalue weighted by Gasteiger charge is -2.11. The second-order valence-electron chi connectivity index (χ2n) is 7.60. The largest absolute Gasteiger partial charge is 0.460 e. The summed E-state index contributed by atoms with van der Waals surface area (Å²) in [7, 11) is 0. The van der Waals surface area contributed by atoms with Gasteiger partial charge >= 0.3 is 11.9 Å². The topological polar surface area (TPSA) is 93.5 Å². The quantitative estimate of drug-likeness (QED) is 0.108. The molecule has 0 radical (unpaired) electrons. The van der Waals surface area contributed by atoms with Crippen molar-refractivity contribution < 1.29 is 41.4 Å². The van der Waals surface area contributed by atoms with Gasteiger partial charge < -0.3 is 14.3 Å². The minimum absolute atomic E-state index is 0.0889. The lowest BCUT2D eigenvalue weighted by Crippen LogP contribution is -2.15. The van der Waals surface area contributed by atoms with Crippen LogP contribution >= 0.6 is 0 Å². The van der Waals surface area contributed by atoms with Crippen molar-refractivity contribution in [3.8, 4) is 6.07 Å². The predicted octanol–water partition coefficient (Wildman–Crippen LogP) is 3.48. The van der Waals surface area contributed by atoms with Gasteiger partial charge in [-0.25, -0.2) is 22.4 Å². The molecule has 2 unspecified atom stereocenters. The highest BCUT2D eigenvalue weighted by Crippen LogP contribution is 2.60. The number of nitrogens with zero attached hydrogens (tertiary/aromatic N) is 1. The molecule has 2 rings (SSSR count). The summed E-state index contributed by atoms with van der Waals surface area (Å²) in [4.78, 5) is 34.8. The van der Waals surface area contributed by atoms with Crippen LogP contribution in [0.2, 0.25) is 0 Å². The van der Waals surface area contributed by atoms with Gasteiger partial charge in [-0.15, -0.1) is 0 Å². The summed E-state index contributed by atoms with van der Waals surface area (Å²) in [5, 5.41) is 9.16. The van der Waals surface area contributed by atoms with E-state index in [0.29, 0.717) is 0 Å². The number of benzene rings is 1. The molecule has 0 heterocycles. The highest BCUT2D eigenvalue weighted by Gasteiger charge is 2.62. The number of carbonyl (C=O) groups excluding carboxylic acids is 3. The number of hydrogen-bond acceptors (Lipinski definition) is 6. The monoisotopic (exact) mass is 453 g/mol. The summed E-state index contributed by atoms with van der Waals surface area (Å²) in [6.07, 6.45) is 1.77. The molecule has 0 amide bonds. The SMILES string of the molecule is C=CCOC(=O)C(C#N)=CC1C(C(=O)OCc2c(F)c(F)c(CC=O)c(F)c2F)C1(C)C. The molecule has 32 heavy (non-hydrogen) atoms. The number of carbonyl (C=O) groups is 3. The molecule has 1 aromatic carbocycles. The number of ether oxygens (including phenoxy) is 2. The van der Waals surface area contributed by atoms with Crippen molar-refractivity contribution in [2.24, 2.45) is 17.3 Å². The van der Waals surface area contributed by atoms with Crippen LogP contribution in [-0.2, 0) is 36.9 Å². The van der Waals surface area contributed by atoms with Crippen molar-refractivity contribution in [1.82, 2.24) is 0 Å². The van der Waals surface area contributed by atoms with Crippen molar-refractivity contribution in [2.75, 3.05) is 6.61 Å². The summed E-state index contributed by atoms with van der Waals surface area (Å²) in [6.45, 7) is 5.44. The van der Waals surface area contributed by atoms with E-state index in [-0.39, 0.29) is 18.5 Å². The van der Waals surface area contributed by atoms with Gasteiger partial charge in [0.05, 0.1) is 11.5 Å². The van der Waals surface area contributed by atoms with Crippen LogP contribution in [0.5, 0.6) is 0 Å². The third-order valence-corrected chi connectivity index (χ3v) is 5.27. The molecule has 0 N–H and O–H groups in total. The van der Waals surface area contributed by atoms with Gasteiger partial charge in [0.25, 0.3) is 0 Å². The second-order valence-corrected chi connectivity index (χ2v) is 7.60. The van der Waals surface area contributed by atoms with Gasteiger partial charge in [0.15, 0.2) is 23.3 Å². The maximum Gasteiger partial charge on any atom is 0.348 e. The van der Waals surface area contributed by atoms with E-state index in [9.17, 15) is 31.9 Å². The maximum atomic E-state index is 14.1. The van der Waals surface area contributed by atoms with E-state index in [1.807, 2.05) is 0 Å². The number of nitriles is 1. The molecule has 0 aliphatic heterocycles. The molecule has 0 saturated heterocycles. The van der Waals surface area contributed by atoms with E-state index >= 15 is 0 Å². The van der Waals surface area contributed by atoms with Gasteiger partial charge in [0.2, 0.25) is 0 Å². The van der Waals surface area contributed by atoms with E-state index in [0.717, 1.165) is 0 Å². The Labute approximate surface area is 181 Å². The fourth-order valence-electron chi connectivity index (χ4n) is 3.33. The molecule has 0 aromatic heterocycles. The van der Waals surface area contributed by atoms with Crippen molar-refractivity contribution >= 4 is 18.2 Å². The Bertz CT molecular complexity index is 1010. The van der Waals surface area contributed by atoms with Gasteiger partial charge in [0.1, 0.15) is 31.1 Å². The van der Waals surface area contributed by atoms with Crippen LogP contribution in [-0.4, -0.2) is 24.8 Å². The molecule has 1 aliphatic carbocycles. The molecule has 0 bridgehead atoms. The summed E-state index contributed by atoms with van der Waals surface area (Å²) < 4.78 is 65.8. The van der Waals surface area contributed by atoms with Crippen molar-refractivity contribution in [3.05, 3.63) is 58.7 Å². The standard InChI is InChI=1S/C22H19F4NO5/c1-4-7-31-20(29)11(9-27)8-14-15(22(14,2)3)21(30)32-10-13-18(25)16(23)12(5-6-28)17(24)19(13)26/h4,6,8,14-15H,1,5,7,10H2,2-3H3. The normalized spacial score (nSPS) is 19.0. The highest BCUT2D eigenvalue weighted by atomic mass is 19.2. The fraction of sp³-hybridized carbons (Fsp3) is 0.364. The van der Waals surface area contributed by atoms with E-state index in [1.165, 1.54) is 12.2 Å². The number of hydrogen-bond donors (Lipinski definition) is 0. The van der Waals surface area contributed by atoms with Crippen molar-refractivity contribution in [2.45, 2.75) is 26.9 Å². The molecule has 0 spiro atoms. The minimum atomic E-state index is -1.77. The van der Waals surface area contributed by atoms with Crippen LogP contribution < -0.4 is 0 Å². The Morgan fingerprint density at radius 2 is 1.66 bits per heavy atom.